The molecule has 0 N–H and O–H groups in total. The zero-order chi connectivity index (χ0) is 38.0. The molecule has 0 bridgehead atoms. The molecule has 1 heterocycles. The molecule has 0 saturated carbocycles. The Morgan fingerprint density at radius 1 is 0.316 bits per heavy atom. The molecule has 0 atom stereocenters. The van der Waals surface area contributed by atoms with Crippen LogP contribution in [-0.2, 0) is 0 Å². The molecular formula is C54H39NOSi. The molecule has 1 aromatic heterocycles. The molecule has 0 radical (unpaired) electrons. The maximum Gasteiger partial charge on any atom is 0.179 e. The van der Waals surface area contributed by atoms with E-state index >= 15 is 0 Å². The van der Waals surface area contributed by atoms with E-state index in [9.17, 15) is 0 Å². The van der Waals surface area contributed by atoms with Gasteiger partial charge in [-0.3, -0.25) is 0 Å². The number of hydrogen-bond acceptors (Lipinski definition) is 2. The largest absolute Gasteiger partial charge is 0.456 e. The van der Waals surface area contributed by atoms with E-state index in [4.69, 9.17) is 4.42 Å². The highest BCUT2D eigenvalue weighted by molar-refractivity contribution is 7.19. The second-order valence-electron chi connectivity index (χ2n) is 14.5. The van der Waals surface area contributed by atoms with E-state index < -0.39 is 8.07 Å². The van der Waals surface area contributed by atoms with E-state index in [1.807, 2.05) is 0 Å². The lowest BCUT2D eigenvalue weighted by Gasteiger charge is -2.35. The van der Waals surface area contributed by atoms with Crippen LogP contribution in [0.5, 0.6) is 0 Å². The van der Waals surface area contributed by atoms with E-state index in [1.54, 1.807) is 0 Å². The summed E-state index contributed by atoms with van der Waals surface area (Å²) in [5.74, 6) is 0. The molecule has 0 fully saturated rings. The van der Waals surface area contributed by atoms with Crippen LogP contribution in [0.4, 0.5) is 17.1 Å². The van der Waals surface area contributed by atoms with Gasteiger partial charge in [-0.25, -0.2) is 0 Å². The highest BCUT2D eigenvalue weighted by Gasteiger charge is 2.41. The standard InChI is InChI=1S/C54H39NOSi/c1-6-18-40(19-7-1)42-30-36-53-50(38-42)51-39-44(33-37-54(51)56-53)55(52-29-17-16-28-49(52)41-20-8-2-9-21-41)43-31-34-48(35-32-43)57(45-22-10-3-11-23-45,46-24-12-4-13-25-46)47-26-14-5-15-27-47/h1-39H. The van der Waals surface area contributed by atoms with Crippen molar-refractivity contribution in [3.8, 4) is 22.3 Å². The quantitative estimate of drug-likeness (QED) is 0.108. The van der Waals surface area contributed by atoms with Gasteiger partial charge in [-0.05, 0) is 86.0 Å². The van der Waals surface area contributed by atoms with Gasteiger partial charge < -0.3 is 9.32 Å². The minimum absolute atomic E-state index is 0.870. The highest BCUT2D eigenvalue weighted by atomic mass is 28.3. The Hall–Kier alpha value is -7.20. The minimum atomic E-state index is -2.70. The fourth-order valence-electron chi connectivity index (χ4n) is 8.60. The molecule has 0 amide bonds. The second kappa shape index (κ2) is 14.8. The first-order valence-electron chi connectivity index (χ1n) is 19.5. The summed E-state index contributed by atoms with van der Waals surface area (Å²) in [5, 5.41) is 7.58. The lowest BCUT2D eigenvalue weighted by molar-refractivity contribution is 0.669. The van der Waals surface area contributed by atoms with Crippen LogP contribution in [0.25, 0.3) is 44.2 Å². The van der Waals surface area contributed by atoms with E-state index in [0.717, 1.165) is 44.6 Å². The Balaban J connectivity index is 1.18. The number of hydrogen-bond donors (Lipinski definition) is 0. The molecule has 10 aromatic rings. The topological polar surface area (TPSA) is 16.4 Å². The molecule has 57 heavy (non-hydrogen) atoms. The highest BCUT2D eigenvalue weighted by Crippen LogP contribution is 2.43. The van der Waals surface area contributed by atoms with Crippen molar-refractivity contribution in [3.05, 3.63) is 237 Å². The lowest BCUT2D eigenvalue weighted by Crippen LogP contribution is -2.74. The molecule has 0 unspecified atom stereocenters. The first-order valence-corrected chi connectivity index (χ1v) is 21.5. The zero-order valence-electron chi connectivity index (χ0n) is 31.4. The monoisotopic (exact) mass is 745 g/mol. The van der Waals surface area contributed by atoms with E-state index in [-0.39, 0.29) is 0 Å². The van der Waals surface area contributed by atoms with Gasteiger partial charge in [-0.2, -0.15) is 0 Å². The SMILES string of the molecule is c1ccc(-c2ccc3oc4ccc(N(c5ccc([Si](c6ccccc6)(c6ccccc6)c6ccccc6)cc5)c5ccccc5-c5ccccc5)cc4c3c2)cc1. The molecule has 0 aliphatic rings. The van der Waals surface area contributed by atoms with Gasteiger partial charge in [0.05, 0.1) is 5.69 Å². The maximum atomic E-state index is 6.45. The van der Waals surface area contributed by atoms with Crippen molar-refractivity contribution in [2.24, 2.45) is 0 Å². The van der Waals surface area contributed by atoms with E-state index in [0.29, 0.717) is 0 Å². The Morgan fingerprint density at radius 2 is 0.754 bits per heavy atom. The van der Waals surface area contributed by atoms with Crippen LogP contribution in [0.1, 0.15) is 0 Å². The average molecular weight is 746 g/mol. The number of fused-ring (bicyclic) bond motifs is 3. The van der Waals surface area contributed by atoms with Crippen molar-refractivity contribution in [2.45, 2.75) is 0 Å². The van der Waals surface area contributed by atoms with Gasteiger partial charge in [-0.15, -0.1) is 0 Å². The molecule has 0 aliphatic heterocycles. The van der Waals surface area contributed by atoms with Crippen LogP contribution in [0.3, 0.4) is 0 Å². The van der Waals surface area contributed by atoms with Crippen molar-refractivity contribution in [2.75, 3.05) is 4.90 Å². The number of nitrogens with zero attached hydrogens (tertiary/aromatic N) is 1. The van der Waals surface area contributed by atoms with E-state index in [1.165, 1.54) is 37.4 Å². The van der Waals surface area contributed by atoms with Crippen molar-refractivity contribution in [1.29, 1.82) is 0 Å². The summed E-state index contributed by atoms with van der Waals surface area (Å²) in [6, 6.07) is 85.8. The first-order chi connectivity index (χ1) is 28.3. The van der Waals surface area contributed by atoms with Gasteiger partial charge in [-0.1, -0.05) is 188 Å². The maximum absolute atomic E-state index is 6.45. The molecule has 0 saturated heterocycles. The van der Waals surface area contributed by atoms with Crippen molar-refractivity contribution in [1.82, 2.24) is 0 Å². The minimum Gasteiger partial charge on any atom is -0.456 e. The predicted octanol–water partition coefficient (Wildman–Crippen LogP) is 11.8. The van der Waals surface area contributed by atoms with Gasteiger partial charge in [0.1, 0.15) is 11.2 Å². The van der Waals surface area contributed by atoms with Crippen LogP contribution in [0, 0.1) is 0 Å². The number of benzene rings is 9. The third-order valence-corrected chi connectivity index (χ3v) is 16.0. The van der Waals surface area contributed by atoms with Crippen molar-refractivity contribution < 1.29 is 4.42 Å². The molecule has 270 valence electrons. The molecular weight excluding hydrogens is 707 g/mol. The number of para-hydroxylation sites is 1. The zero-order valence-corrected chi connectivity index (χ0v) is 32.4. The van der Waals surface area contributed by atoms with Gasteiger partial charge in [0.2, 0.25) is 0 Å². The van der Waals surface area contributed by atoms with Gasteiger partial charge in [0, 0.05) is 27.7 Å². The third kappa shape index (κ3) is 6.15. The molecule has 10 rings (SSSR count). The summed E-state index contributed by atoms with van der Waals surface area (Å²) in [5.41, 5.74) is 9.67. The fourth-order valence-corrected chi connectivity index (χ4v) is 13.3. The first kappa shape index (κ1) is 34.3. The van der Waals surface area contributed by atoms with Crippen LogP contribution < -0.4 is 25.6 Å². The Bertz CT molecular complexity index is 2830. The Labute approximate surface area is 334 Å². The summed E-state index contributed by atoms with van der Waals surface area (Å²) in [7, 11) is -2.70. The third-order valence-electron chi connectivity index (χ3n) is 11.2. The van der Waals surface area contributed by atoms with Gasteiger partial charge >= 0.3 is 0 Å². The van der Waals surface area contributed by atoms with Gasteiger partial charge in [0.25, 0.3) is 0 Å². The predicted molar refractivity (Wildman–Crippen MR) is 243 cm³/mol. The lowest BCUT2D eigenvalue weighted by atomic mass is 10.0. The second-order valence-corrected chi connectivity index (χ2v) is 18.3. The summed E-state index contributed by atoms with van der Waals surface area (Å²) in [4.78, 5) is 2.40. The van der Waals surface area contributed by atoms with Crippen LogP contribution in [-0.4, -0.2) is 8.07 Å². The Kier molecular flexibility index (Phi) is 8.90. The average Bonchev–Trinajstić information content (AvgIpc) is 3.66. The molecule has 2 nitrogen and oxygen atoms in total. The Morgan fingerprint density at radius 3 is 1.33 bits per heavy atom. The normalized spacial score (nSPS) is 11.5. The summed E-state index contributed by atoms with van der Waals surface area (Å²) in [6.07, 6.45) is 0. The van der Waals surface area contributed by atoms with Crippen molar-refractivity contribution >= 4 is 67.8 Å². The number of rotatable bonds is 9. The van der Waals surface area contributed by atoms with Crippen molar-refractivity contribution in [3.63, 3.8) is 0 Å². The fraction of sp³-hybridized carbons (Fsp3) is 0. The molecule has 0 aliphatic carbocycles. The van der Waals surface area contributed by atoms with E-state index in [2.05, 4.69) is 241 Å². The number of furan rings is 1. The summed E-state index contributed by atoms with van der Waals surface area (Å²) < 4.78 is 6.45. The summed E-state index contributed by atoms with van der Waals surface area (Å²) >= 11 is 0. The summed E-state index contributed by atoms with van der Waals surface area (Å²) in [6.45, 7) is 0. The molecule has 9 aromatic carbocycles. The molecule has 3 heteroatoms. The van der Waals surface area contributed by atoms with Gasteiger partial charge in [0.15, 0.2) is 8.07 Å². The molecule has 0 spiro atoms. The number of anilines is 3. The smallest absolute Gasteiger partial charge is 0.179 e. The van der Waals surface area contributed by atoms with Crippen LogP contribution in [0.15, 0.2) is 241 Å². The van der Waals surface area contributed by atoms with Crippen LogP contribution >= 0.6 is 0 Å². The van der Waals surface area contributed by atoms with Crippen LogP contribution in [0.2, 0.25) is 0 Å².